The summed E-state index contributed by atoms with van der Waals surface area (Å²) in [6.07, 6.45) is 0. The highest BCUT2D eigenvalue weighted by Crippen LogP contribution is 2.33. The molecule has 4 rings (SSSR count). The fourth-order valence-corrected chi connectivity index (χ4v) is 3.58. The van der Waals surface area contributed by atoms with Crippen molar-refractivity contribution in [1.29, 1.82) is 0 Å². The highest BCUT2D eigenvalue weighted by atomic mass is 16.5. The van der Waals surface area contributed by atoms with Gasteiger partial charge in [0.05, 0.1) is 25.2 Å². The van der Waals surface area contributed by atoms with E-state index in [4.69, 9.17) is 18.6 Å². The first kappa shape index (κ1) is 21.2. The molecule has 3 aromatic carbocycles. The van der Waals surface area contributed by atoms with Gasteiger partial charge in [0.1, 0.15) is 17.1 Å². The molecule has 0 amide bonds. The van der Waals surface area contributed by atoms with Crippen LogP contribution in [0, 0.1) is 13.8 Å². The largest absolute Gasteiger partial charge is 0.497 e. The molecule has 4 aromatic rings. The Morgan fingerprint density at radius 2 is 1.44 bits per heavy atom. The van der Waals surface area contributed by atoms with Gasteiger partial charge in [-0.1, -0.05) is 6.07 Å². The van der Waals surface area contributed by atoms with Crippen LogP contribution in [0.4, 0.5) is 0 Å². The molecule has 0 unspecified atom stereocenters. The summed E-state index contributed by atoms with van der Waals surface area (Å²) in [4.78, 5) is 26.3. The van der Waals surface area contributed by atoms with Crippen molar-refractivity contribution in [2.24, 2.45) is 0 Å². The van der Waals surface area contributed by atoms with Crippen molar-refractivity contribution >= 4 is 16.9 Å². The van der Waals surface area contributed by atoms with Gasteiger partial charge in [-0.3, -0.25) is 4.79 Å². The molecule has 0 aliphatic heterocycles. The third-order valence-electron chi connectivity index (χ3n) is 5.17. The molecule has 0 bridgehead atoms. The molecule has 0 spiro atoms. The lowest BCUT2D eigenvalue weighted by atomic mass is 10.0. The van der Waals surface area contributed by atoms with Gasteiger partial charge in [-0.2, -0.15) is 0 Å². The number of benzene rings is 3. The summed E-state index contributed by atoms with van der Waals surface area (Å²) >= 11 is 0. The zero-order chi connectivity index (χ0) is 22.8. The number of methoxy groups -OCH3 is 2. The lowest BCUT2D eigenvalue weighted by molar-refractivity contribution is 0.0731. The zero-order valence-corrected chi connectivity index (χ0v) is 18.2. The molecule has 0 saturated heterocycles. The van der Waals surface area contributed by atoms with Crippen molar-refractivity contribution in [2.45, 2.75) is 13.8 Å². The monoisotopic (exact) mass is 430 g/mol. The summed E-state index contributed by atoms with van der Waals surface area (Å²) in [5, 5.41) is 0.380. The maximum absolute atomic E-state index is 13.5. The van der Waals surface area contributed by atoms with Crippen molar-refractivity contribution in [3.63, 3.8) is 0 Å². The topological polar surface area (TPSA) is 75.0 Å². The van der Waals surface area contributed by atoms with E-state index in [9.17, 15) is 9.59 Å². The van der Waals surface area contributed by atoms with E-state index in [0.29, 0.717) is 28.0 Å². The van der Waals surface area contributed by atoms with Crippen molar-refractivity contribution in [2.75, 3.05) is 14.2 Å². The Morgan fingerprint density at radius 1 is 0.844 bits per heavy atom. The normalized spacial score (nSPS) is 10.8. The minimum Gasteiger partial charge on any atom is -0.497 e. The van der Waals surface area contributed by atoms with E-state index in [2.05, 4.69) is 0 Å². The Balaban J connectivity index is 1.88. The summed E-state index contributed by atoms with van der Waals surface area (Å²) in [5.74, 6) is 0.614. The molecule has 6 heteroatoms. The van der Waals surface area contributed by atoms with Gasteiger partial charge in [0, 0.05) is 5.56 Å². The van der Waals surface area contributed by atoms with E-state index >= 15 is 0 Å². The van der Waals surface area contributed by atoms with E-state index in [0.717, 1.165) is 11.1 Å². The van der Waals surface area contributed by atoms with Crippen LogP contribution in [0.2, 0.25) is 0 Å². The number of hydrogen-bond acceptors (Lipinski definition) is 6. The lowest BCUT2D eigenvalue weighted by Gasteiger charge is -2.13. The smallest absolute Gasteiger partial charge is 0.343 e. The van der Waals surface area contributed by atoms with Gasteiger partial charge >= 0.3 is 5.97 Å². The molecule has 1 heterocycles. The summed E-state index contributed by atoms with van der Waals surface area (Å²) in [6.45, 7) is 3.76. The summed E-state index contributed by atoms with van der Waals surface area (Å²) in [6, 6.07) is 17.1. The number of hydrogen-bond donors (Lipinski definition) is 0. The van der Waals surface area contributed by atoms with Gasteiger partial charge < -0.3 is 18.6 Å². The fourth-order valence-electron chi connectivity index (χ4n) is 3.58. The second-order valence-corrected chi connectivity index (χ2v) is 7.39. The number of carbonyl (C=O) groups is 1. The minimum atomic E-state index is -0.668. The molecule has 0 N–H and O–H groups in total. The van der Waals surface area contributed by atoms with Gasteiger partial charge in [-0.05, 0) is 79.6 Å². The molecule has 0 aliphatic rings. The molecule has 0 aliphatic carbocycles. The number of rotatable bonds is 5. The fraction of sp³-hybridized carbons (Fsp3) is 0.154. The molecule has 0 saturated carbocycles. The van der Waals surface area contributed by atoms with Crippen molar-refractivity contribution < 1.29 is 23.4 Å². The third-order valence-corrected chi connectivity index (χ3v) is 5.17. The molecule has 0 fully saturated rings. The molecule has 162 valence electrons. The van der Waals surface area contributed by atoms with Crippen LogP contribution in [0.1, 0.15) is 21.5 Å². The van der Waals surface area contributed by atoms with Gasteiger partial charge in [-0.25, -0.2) is 4.79 Å². The Hall–Kier alpha value is -4.06. The first-order valence-corrected chi connectivity index (χ1v) is 10.00. The maximum Gasteiger partial charge on any atom is 0.343 e. The van der Waals surface area contributed by atoms with Crippen molar-refractivity contribution in [3.8, 4) is 28.6 Å². The van der Waals surface area contributed by atoms with E-state index < -0.39 is 11.4 Å². The molecule has 0 atom stereocenters. The zero-order valence-electron chi connectivity index (χ0n) is 18.2. The molecular weight excluding hydrogens is 408 g/mol. The van der Waals surface area contributed by atoms with Crippen molar-refractivity contribution in [1.82, 2.24) is 0 Å². The van der Waals surface area contributed by atoms with E-state index in [1.807, 2.05) is 19.9 Å². The number of aryl methyl sites for hydroxylation is 2. The first-order chi connectivity index (χ1) is 15.4. The quantitative estimate of drug-likeness (QED) is 0.399. The summed E-state index contributed by atoms with van der Waals surface area (Å²) < 4.78 is 22.1. The lowest BCUT2D eigenvalue weighted by Crippen LogP contribution is -2.17. The summed E-state index contributed by atoms with van der Waals surface area (Å²) in [7, 11) is 3.11. The van der Waals surface area contributed by atoms with Crippen LogP contribution in [-0.4, -0.2) is 20.2 Å². The van der Waals surface area contributed by atoms with E-state index in [-0.39, 0.29) is 17.1 Å². The van der Waals surface area contributed by atoms with Gasteiger partial charge in [0.2, 0.25) is 11.2 Å². The molecular formula is C26H22O6. The first-order valence-electron chi connectivity index (χ1n) is 10.00. The van der Waals surface area contributed by atoms with Crippen LogP contribution in [0.25, 0.3) is 22.3 Å². The van der Waals surface area contributed by atoms with Crippen molar-refractivity contribution in [3.05, 3.63) is 87.6 Å². The maximum atomic E-state index is 13.5. The van der Waals surface area contributed by atoms with Gasteiger partial charge in [0.25, 0.3) is 0 Å². The highest BCUT2D eigenvalue weighted by molar-refractivity contribution is 5.93. The Kier molecular flexibility index (Phi) is 5.69. The summed E-state index contributed by atoms with van der Waals surface area (Å²) in [5.41, 5.74) is 2.60. The average Bonchev–Trinajstić information content (AvgIpc) is 2.80. The second kappa shape index (κ2) is 8.59. The van der Waals surface area contributed by atoms with Crippen LogP contribution in [0.5, 0.6) is 17.2 Å². The number of carbonyl (C=O) groups excluding carboxylic acids is 1. The van der Waals surface area contributed by atoms with Crippen LogP contribution in [-0.2, 0) is 0 Å². The molecule has 1 aromatic heterocycles. The highest BCUT2D eigenvalue weighted by Gasteiger charge is 2.22. The predicted molar refractivity (Wildman–Crippen MR) is 122 cm³/mol. The third kappa shape index (κ3) is 3.95. The van der Waals surface area contributed by atoms with E-state index in [1.165, 1.54) is 0 Å². The number of ether oxygens (including phenoxy) is 3. The van der Waals surface area contributed by atoms with Gasteiger partial charge in [0.15, 0.2) is 5.76 Å². The van der Waals surface area contributed by atoms with Crippen LogP contribution >= 0.6 is 0 Å². The Labute approximate surface area is 185 Å². The average molecular weight is 430 g/mol. The second-order valence-electron chi connectivity index (χ2n) is 7.39. The Morgan fingerprint density at radius 3 is 2.03 bits per heavy atom. The van der Waals surface area contributed by atoms with Crippen LogP contribution in [0.3, 0.4) is 0 Å². The molecule has 6 nitrogen and oxygen atoms in total. The SMILES string of the molecule is COc1ccc(C(=O)Oc2c(-c3ccc(OC)cc3)oc3cc(C)cc(C)c3c2=O)cc1. The molecule has 32 heavy (non-hydrogen) atoms. The minimum absolute atomic E-state index is 0.157. The number of fused-ring (bicyclic) bond motifs is 1. The predicted octanol–water partition coefficient (Wildman–Crippen LogP) is 5.31. The standard InChI is InChI=1S/C26H22O6/c1-15-13-16(2)22-21(14-15)31-24(17-5-9-19(29-3)10-6-17)25(23(22)27)32-26(28)18-7-11-20(30-4)12-8-18/h5-14H,1-4H3. The van der Waals surface area contributed by atoms with Crippen LogP contribution in [0.15, 0.2) is 69.9 Å². The molecule has 0 radical (unpaired) electrons. The Bertz CT molecular complexity index is 1350. The van der Waals surface area contributed by atoms with Gasteiger partial charge in [-0.15, -0.1) is 0 Å². The number of esters is 1. The van der Waals surface area contributed by atoms with E-state index in [1.54, 1.807) is 68.8 Å². The van der Waals surface area contributed by atoms with Crippen LogP contribution < -0.4 is 19.6 Å².